The molecular formula is C13H21N. The van der Waals surface area contributed by atoms with Gasteiger partial charge < -0.3 is 0 Å². The molecule has 0 aromatic carbocycles. The van der Waals surface area contributed by atoms with Gasteiger partial charge in [0, 0.05) is 11.9 Å². The lowest BCUT2D eigenvalue weighted by Crippen LogP contribution is -2.32. The second kappa shape index (κ2) is 3.72. The lowest BCUT2D eigenvalue weighted by atomic mass is 9.67. The van der Waals surface area contributed by atoms with Gasteiger partial charge in [-0.3, -0.25) is 4.98 Å². The lowest BCUT2D eigenvalue weighted by Gasteiger charge is -2.38. The molecule has 0 N–H and O–H groups in total. The minimum absolute atomic E-state index is 0.279. The Labute approximate surface area is 87.6 Å². The molecule has 0 radical (unpaired) electrons. The van der Waals surface area contributed by atoms with Gasteiger partial charge in [-0.25, -0.2) is 0 Å². The zero-order chi connectivity index (χ0) is 10.8. The SMILES string of the molecule is CC(C)(C)C(C)(C)Cc1ccccn1. The quantitative estimate of drug-likeness (QED) is 0.694. The summed E-state index contributed by atoms with van der Waals surface area (Å²) < 4.78 is 0. The number of aromatic nitrogens is 1. The lowest BCUT2D eigenvalue weighted by molar-refractivity contribution is 0.131. The molecule has 0 spiro atoms. The second-order valence-electron chi connectivity index (χ2n) is 5.63. The summed E-state index contributed by atoms with van der Waals surface area (Å²) in [7, 11) is 0. The van der Waals surface area contributed by atoms with Crippen LogP contribution in [-0.2, 0) is 6.42 Å². The van der Waals surface area contributed by atoms with Gasteiger partial charge in [0.05, 0.1) is 0 Å². The smallest absolute Gasteiger partial charge is 0.0409 e. The van der Waals surface area contributed by atoms with E-state index < -0.39 is 0 Å². The summed E-state index contributed by atoms with van der Waals surface area (Å²) >= 11 is 0. The van der Waals surface area contributed by atoms with E-state index in [0.717, 1.165) is 6.42 Å². The predicted octanol–water partition coefficient (Wildman–Crippen LogP) is 3.70. The molecule has 0 fully saturated rings. The highest BCUT2D eigenvalue weighted by molar-refractivity contribution is 5.06. The van der Waals surface area contributed by atoms with Crippen LogP contribution in [0.2, 0.25) is 0 Å². The zero-order valence-corrected chi connectivity index (χ0v) is 9.96. The Hall–Kier alpha value is -0.850. The maximum Gasteiger partial charge on any atom is 0.0409 e. The Morgan fingerprint density at radius 3 is 2.14 bits per heavy atom. The number of rotatable bonds is 2. The van der Waals surface area contributed by atoms with Crippen molar-refractivity contribution in [3.63, 3.8) is 0 Å². The molecule has 1 heteroatoms. The van der Waals surface area contributed by atoms with Crippen LogP contribution in [-0.4, -0.2) is 4.98 Å². The second-order valence-corrected chi connectivity index (χ2v) is 5.63. The first-order valence-corrected chi connectivity index (χ1v) is 5.23. The minimum Gasteiger partial charge on any atom is -0.261 e. The highest BCUT2D eigenvalue weighted by Crippen LogP contribution is 2.40. The topological polar surface area (TPSA) is 12.9 Å². The van der Waals surface area contributed by atoms with Crippen molar-refractivity contribution in [3.05, 3.63) is 30.1 Å². The predicted molar refractivity (Wildman–Crippen MR) is 61.2 cm³/mol. The Balaban J connectivity index is 2.79. The van der Waals surface area contributed by atoms with E-state index in [1.165, 1.54) is 5.69 Å². The van der Waals surface area contributed by atoms with Crippen LogP contribution in [0.4, 0.5) is 0 Å². The van der Waals surface area contributed by atoms with Crippen LogP contribution in [0.15, 0.2) is 24.4 Å². The van der Waals surface area contributed by atoms with Crippen molar-refractivity contribution < 1.29 is 0 Å². The summed E-state index contributed by atoms with van der Waals surface area (Å²) in [6, 6.07) is 6.13. The minimum atomic E-state index is 0.279. The molecule has 14 heavy (non-hydrogen) atoms. The van der Waals surface area contributed by atoms with E-state index in [2.05, 4.69) is 51.7 Å². The molecule has 1 nitrogen and oxygen atoms in total. The Morgan fingerprint density at radius 2 is 1.71 bits per heavy atom. The molecule has 0 aliphatic heterocycles. The van der Waals surface area contributed by atoms with Crippen LogP contribution in [0.25, 0.3) is 0 Å². The average molecular weight is 191 g/mol. The van der Waals surface area contributed by atoms with E-state index >= 15 is 0 Å². The van der Waals surface area contributed by atoms with Crippen molar-refractivity contribution in [1.82, 2.24) is 4.98 Å². The fraction of sp³-hybridized carbons (Fsp3) is 0.615. The molecule has 1 rings (SSSR count). The van der Waals surface area contributed by atoms with Crippen LogP contribution in [0.5, 0.6) is 0 Å². The molecule has 1 aromatic heterocycles. The van der Waals surface area contributed by atoms with E-state index in [4.69, 9.17) is 0 Å². The molecule has 0 amide bonds. The van der Waals surface area contributed by atoms with Crippen LogP contribution >= 0.6 is 0 Å². The van der Waals surface area contributed by atoms with E-state index in [1.54, 1.807) is 0 Å². The normalized spacial score (nSPS) is 12.9. The summed E-state index contributed by atoms with van der Waals surface area (Å²) in [5, 5.41) is 0. The third-order valence-corrected chi connectivity index (χ3v) is 3.38. The summed E-state index contributed by atoms with van der Waals surface area (Å²) in [6.45, 7) is 11.5. The highest BCUT2D eigenvalue weighted by Gasteiger charge is 2.32. The zero-order valence-electron chi connectivity index (χ0n) is 9.96. The van der Waals surface area contributed by atoms with Gasteiger partial charge in [0.15, 0.2) is 0 Å². The van der Waals surface area contributed by atoms with Gasteiger partial charge in [0.2, 0.25) is 0 Å². The summed E-state index contributed by atoms with van der Waals surface area (Å²) in [4.78, 5) is 4.38. The first kappa shape index (κ1) is 11.2. The number of hydrogen-bond donors (Lipinski definition) is 0. The fourth-order valence-electron chi connectivity index (χ4n) is 1.22. The summed E-state index contributed by atoms with van der Waals surface area (Å²) in [5.41, 5.74) is 1.78. The van der Waals surface area contributed by atoms with E-state index in [9.17, 15) is 0 Å². The van der Waals surface area contributed by atoms with E-state index in [0.29, 0.717) is 5.41 Å². The van der Waals surface area contributed by atoms with Gasteiger partial charge in [-0.15, -0.1) is 0 Å². The molecule has 0 saturated carbocycles. The molecule has 0 bridgehead atoms. The first-order valence-electron chi connectivity index (χ1n) is 5.23. The Bertz CT molecular complexity index is 280. The van der Waals surface area contributed by atoms with Crippen molar-refractivity contribution in [2.45, 2.75) is 41.0 Å². The van der Waals surface area contributed by atoms with Crippen molar-refractivity contribution in [1.29, 1.82) is 0 Å². The van der Waals surface area contributed by atoms with Crippen LogP contribution in [0, 0.1) is 10.8 Å². The van der Waals surface area contributed by atoms with Crippen molar-refractivity contribution in [2.24, 2.45) is 10.8 Å². The molecule has 0 saturated heterocycles. The van der Waals surface area contributed by atoms with E-state index in [1.807, 2.05) is 12.3 Å². The molecular weight excluding hydrogens is 170 g/mol. The fourth-order valence-corrected chi connectivity index (χ4v) is 1.22. The third-order valence-electron chi connectivity index (χ3n) is 3.38. The van der Waals surface area contributed by atoms with E-state index in [-0.39, 0.29) is 5.41 Å². The third kappa shape index (κ3) is 2.57. The maximum absolute atomic E-state index is 4.38. The summed E-state index contributed by atoms with van der Waals surface area (Å²) in [6.07, 6.45) is 2.91. The highest BCUT2D eigenvalue weighted by atomic mass is 14.7. The van der Waals surface area contributed by atoms with Gasteiger partial charge in [0.1, 0.15) is 0 Å². The molecule has 0 unspecified atom stereocenters. The number of nitrogens with zero attached hydrogens (tertiary/aromatic N) is 1. The van der Waals surface area contributed by atoms with Gasteiger partial charge >= 0.3 is 0 Å². The molecule has 1 heterocycles. The first-order chi connectivity index (χ1) is 6.33. The van der Waals surface area contributed by atoms with Crippen molar-refractivity contribution in [2.75, 3.05) is 0 Å². The molecule has 0 aliphatic carbocycles. The average Bonchev–Trinajstić information content (AvgIpc) is 2.03. The molecule has 78 valence electrons. The largest absolute Gasteiger partial charge is 0.261 e. The van der Waals surface area contributed by atoms with Crippen molar-refractivity contribution >= 4 is 0 Å². The number of hydrogen-bond acceptors (Lipinski definition) is 1. The standard InChI is InChI=1S/C13H21N/c1-12(2,3)13(4,5)10-11-8-6-7-9-14-11/h6-9H,10H2,1-5H3. The van der Waals surface area contributed by atoms with Gasteiger partial charge in [0.25, 0.3) is 0 Å². The number of pyridine rings is 1. The van der Waals surface area contributed by atoms with Gasteiger partial charge in [-0.2, -0.15) is 0 Å². The molecule has 1 aromatic rings. The Kier molecular flexibility index (Phi) is 2.98. The molecule has 0 aliphatic rings. The van der Waals surface area contributed by atoms with Gasteiger partial charge in [-0.05, 0) is 29.4 Å². The maximum atomic E-state index is 4.38. The van der Waals surface area contributed by atoms with Crippen LogP contribution in [0.3, 0.4) is 0 Å². The van der Waals surface area contributed by atoms with Crippen molar-refractivity contribution in [3.8, 4) is 0 Å². The van der Waals surface area contributed by atoms with Crippen LogP contribution in [0.1, 0.15) is 40.3 Å². The Morgan fingerprint density at radius 1 is 1.07 bits per heavy atom. The monoisotopic (exact) mass is 191 g/mol. The van der Waals surface area contributed by atoms with Gasteiger partial charge in [-0.1, -0.05) is 40.7 Å². The van der Waals surface area contributed by atoms with Crippen LogP contribution < -0.4 is 0 Å². The summed E-state index contributed by atoms with van der Waals surface area (Å²) in [5.74, 6) is 0. The molecule has 0 atom stereocenters.